The maximum Gasteiger partial charge on any atom is 0.407 e. The number of hydrogen-bond acceptors (Lipinski definition) is 5. The Kier molecular flexibility index (Phi) is 3.87. The van der Waals surface area contributed by atoms with Gasteiger partial charge in [-0.05, 0) is 31.7 Å². The topological polar surface area (TPSA) is 102 Å². The summed E-state index contributed by atoms with van der Waals surface area (Å²) < 4.78 is 6.50. The lowest BCUT2D eigenvalue weighted by atomic mass is 9.90. The molecule has 1 aliphatic carbocycles. The first-order valence-electron chi connectivity index (χ1n) is 8.35. The molecule has 0 saturated heterocycles. The van der Waals surface area contributed by atoms with Gasteiger partial charge in [0, 0.05) is 23.7 Å². The molecule has 3 aromatic heterocycles. The predicted octanol–water partition coefficient (Wildman–Crippen LogP) is 2.11. The van der Waals surface area contributed by atoms with Gasteiger partial charge in [0.25, 0.3) is 5.56 Å². The van der Waals surface area contributed by atoms with Crippen LogP contribution in [-0.4, -0.2) is 38.8 Å². The fourth-order valence-corrected chi connectivity index (χ4v) is 3.69. The van der Waals surface area contributed by atoms with E-state index in [2.05, 4.69) is 25.0 Å². The molecule has 1 fully saturated rings. The summed E-state index contributed by atoms with van der Waals surface area (Å²) in [4.78, 5) is 35.6. The second-order valence-corrected chi connectivity index (χ2v) is 6.34. The summed E-state index contributed by atoms with van der Waals surface area (Å²) in [6.07, 6.45) is 7.68. The number of hydrogen-bond donors (Lipinski definition) is 2. The molecule has 8 heteroatoms. The first-order valence-corrected chi connectivity index (χ1v) is 8.35. The van der Waals surface area contributed by atoms with Crippen molar-refractivity contribution in [1.29, 1.82) is 0 Å². The van der Waals surface area contributed by atoms with Crippen molar-refractivity contribution in [2.45, 2.75) is 37.8 Å². The summed E-state index contributed by atoms with van der Waals surface area (Å²) in [5.41, 5.74) is 2.17. The lowest BCUT2D eigenvalue weighted by Gasteiger charge is -2.30. The number of nitrogens with one attached hydrogen (secondary N) is 2. The van der Waals surface area contributed by atoms with Crippen molar-refractivity contribution in [3.63, 3.8) is 0 Å². The van der Waals surface area contributed by atoms with Crippen LogP contribution in [0.1, 0.15) is 31.7 Å². The van der Waals surface area contributed by atoms with E-state index in [9.17, 15) is 9.59 Å². The van der Waals surface area contributed by atoms with E-state index < -0.39 is 6.09 Å². The molecule has 4 rings (SSSR count). The van der Waals surface area contributed by atoms with E-state index in [1.807, 2.05) is 16.8 Å². The van der Waals surface area contributed by atoms with E-state index in [0.29, 0.717) is 5.52 Å². The van der Waals surface area contributed by atoms with Gasteiger partial charge in [-0.3, -0.25) is 4.79 Å². The van der Waals surface area contributed by atoms with E-state index in [1.165, 1.54) is 13.3 Å². The fourth-order valence-electron chi connectivity index (χ4n) is 3.69. The van der Waals surface area contributed by atoms with Gasteiger partial charge >= 0.3 is 6.09 Å². The van der Waals surface area contributed by atoms with Gasteiger partial charge < -0.3 is 19.6 Å². The van der Waals surface area contributed by atoms with Crippen molar-refractivity contribution < 1.29 is 9.53 Å². The van der Waals surface area contributed by atoms with E-state index in [-0.39, 0.29) is 17.6 Å². The molecule has 1 aliphatic rings. The minimum absolute atomic E-state index is 0.0780. The van der Waals surface area contributed by atoms with Crippen LogP contribution in [-0.2, 0) is 4.74 Å². The summed E-state index contributed by atoms with van der Waals surface area (Å²) >= 11 is 0. The molecule has 1 saturated carbocycles. The molecule has 130 valence electrons. The van der Waals surface area contributed by atoms with Crippen LogP contribution in [0.2, 0.25) is 0 Å². The summed E-state index contributed by atoms with van der Waals surface area (Å²) in [6, 6.07) is 2.09. The highest BCUT2D eigenvalue weighted by Gasteiger charge is 2.26. The van der Waals surface area contributed by atoms with Crippen molar-refractivity contribution in [3.8, 4) is 0 Å². The Labute approximate surface area is 143 Å². The largest absolute Gasteiger partial charge is 0.453 e. The molecule has 0 radical (unpaired) electrons. The van der Waals surface area contributed by atoms with E-state index in [4.69, 9.17) is 0 Å². The third kappa shape index (κ3) is 2.73. The number of aromatic nitrogens is 4. The number of nitrogens with zero attached hydrogens (tertiary/aromatic N) is 3. The molecule has 8 nitrogen and oxygen atoms in total. The number of carbonyl (C=O) groups is 1. The Bertz CT molecular complexity index is 985. The molecular weight excluding hydrogens is 322 g/mol. The van der Waals surface area contributed by atoms with Crippen molar-refractivity contribution >= 4 is 28.2 Å². The first-order chi connectivity index (χ1) is 12.2. The Morgan fingerprint density at radius 2 is 2.08 bits per heavy atom. The lowest BCUT2D eigenvalue weighted by molar-refractivity contribution is 0.160. The van der Waals surface area contributed by atoms with Gasteiger partial charge in [0.15, 0.2) is 0 Å². The molecule has 0 atom stereocenters. The number of methoxy groups -OCH3 is 1. The lowest BCUT2D eigenvalue weighted by Crippen LogP contribution is -2.39. The highest BCUT2D eigenvalue weighted by atomic mass is 16.5. The quantitative estimate of drug-likeness (QED) is 0.743. The van der Waals surface area contributed by atoms with Gasteiger partial charge in [-0.2, -0.15) is 0 Å². The number of carbonyl (C=O) groups excluding carboxylic acids is 1. The minimum Gasteiger partial charge on any atom is -0.453 e. The zero-order valence-corrected chi connectivity index (χ0v) is 13.9. The average Bonchev–Trinajstić information content (AvgIpc) is 3.11. The predicted molar refractivity (Wildman–Crippen MR) is 92.5 cm³/mol. The van der Waals surface area contributed by atoms with Crippen LogP contribution >= 0.6 is 0 Å². The van der Waals surface area contributed by atoms with Crippen LogP contribution in [0.4, 0.5) is 4.79 Å². The van der Waals surface area contributed by atoms with Crippen molar-refractivity contribution in [2.24, 2.45) is 0 Å². The Morgan fingerprint density at radius 3 is 2.84 bits per heavy atom. The van der Waals surface area contributed by atoms with Gasteiger partial charge in [-0.15, -0.1) is 0 Å². The zero-order chi connectivity index (χ0) is 17.4. The maximum atomic E-state index is 12.6. The molecule has 3 heterocycles. The van der Waals surface area contributed by atoms with E-state index in [0.717, 1.165) is 42.2 Å². The molecular formula is C17H19N5O3. The molecule has 0 unspecified atom stereocenters. The second-order valence-electron chi connectivity index (χ2n) is 6.34. The molecule has 0 aliphatic heterocycles. The third-order valence-corrected chi connectivity index (χ3v) is 4.90. The standard InChI is InChI=1S/C17H19N5O3/c1-25-17(24)21-10-2-4-11(5-3-10)22-14(23)9-19-13-8-20-16-12(15(13)22)6-7-18-16/h6-11H,2-5H2,1H3,(H,18,20)(H,21,24). The van der Waals surface area contributed by atoms with E-state index >= 15 is 0 Å². The summed E-state index contributed by atoms with van der Waals surface area (Å²) in [6.45, 7) is 0. The second kappa shape index (κ2) is 6.19. The summed E-state index contributed by atoms with van der Waals surface area (Å²) in [5.74, 6) is 0. The first kappa shape index (κ1) is 15.6. The van der Waals surface area contributed by atoms with Crippen LogP contribution in [0, 0.1) is 0 Å². The van der Waals surface area contributed by atoms with Crippen molar-refractivity contribution in [2.75, 3.05) is 7.11 Å². The van der Waals surface area contributed by atoms with Crippen LogP contribution < -0.4 is 10.9 Å². The highest BCUT2D eigenvalue weighted by Crippen LogP contribution is 2.31. The highest BCUT2D eigenvalue weighted by molar-refractivity contribution is 6.00. The number of pyridine rings is 1. The SMILES string of the molecule is COC(=O)NC1CCC(n2c(=O)cnc3cnc4[nH]ccc4c32)CC1. The smallest absolute Gasteiger partial charge is 0.407 e. The molecule has 0 spiro atoms. The summed E-state index contributed by atoms with van der Waals surface area (Å²) in [5, 5.41) is 3.74. The number of amides is 1. The average molecular weight is 341 g/mol. The van der Waals surface area contributed by atoms with Crippen LogP contribution in [0.5, 0.6) is 0 Å². The number of rotatable bonds is 2. The molecule has 25 heavy (non-hydrogen) atoms. The van der Waals surface area contributed by atoms with Crippen molar-refractivity contribution in [1.82, 2.24) is 24.8 Å². The monoisotopic (exact) mass is 341 g/mol. The molecule has 1 amide bonds. The molecule has 3 aromatic rings. The fraction of sp³-hybridized carbons (Fsp3) is 0.412. The Hall–Kier alpha value is -2.90. The third-order valence-electron chi connectivity index (χ3n) is 4.90. The molecule has 0 aromatic carbocycles. The van der Waals surface area contributed by atoms with Crippen molar-refractivity contribution in [3.05, 3.63) is 35.0 Å². The number of ether oxygens (including phenoxy) is 1. The van der Waals surface area contributed by atoms with Gasteiger partial charge in [-0.25, -0.2) is 14.8 Å². The van der Waals surface area contributed by atoms with Crippen LogP contribution in [0.25, 0.3) is 22.1 Å². The van der Waals surface area contributed by atoms with Gasteiger partial charge in [-0.1, -0.05) is 0 Å². The zero-order valence-electron chi connectivity index (χ0n) is 13.9. The Morgan fingerprint density at radius 1 is 1.28 bits per heavy atom. The van der Waals surface area contributed by atoms with E-state index in [1.54, 1.807) is 6.20 Å². The van der Waals surface area contributed by atoms with Crippen LogP contribution in [0.15, 0.2) is 29.5 Å². The number of fused-ring (bicyclic) bond motifs is 3. The number of H-pyrrole nitrogens is 1. The normalized spacial score (nSPS) is 20.7. The Balaban J connectivity index is 1.70. The molecule has 0 bridgehead atoms. The summed E-state index contributed by atoms with van der Waals surface area (Å²) in [7, 11) is 1.36. The number of alkyl carbamates (subject to hydrolysis) is 1. The maximum absolute atomic E-state index is 12.6. The number of aromatic amines is 1. The minimum atomic E-state index is -0.407. The van der Waals surface area contributed by atoms with Crippen LogP contribution in [0.3, 0.4) is 0 Å². The van der Waals surface area contributed by atoms with Gasteiger partial charge in [0.2, 0.25) is 0 Å². The van der Waals surface area contributed by atoms with Gasteiger partial charge in [0.05, 0.1) is 25.0 Å². The van der Waals surface area contributed by atoms with Gasteiger partial charge in [0.1, 0.15) is 11.2 Å². The molecule has 2 N–H and O–H groups in total.